The maximum Gasteiger partial charge on any atom is 0.255 e. The highest BCUT2D eigenvalue weighted by molar-refractivity contribution is 6.06. The number of benzene rings is 3. The van der Waals surface area contributed by atoms with Crippen LogP contribution in [0.15, 0.2) is 85.3 Å². The summed E-state index contributed by atoms with van der Waals surface area (Å²) in [7, 11) is 1.87. The first-order chi connectivity index (χ1) is 30.7. The van der Waals surface area contributed by atoms with Crippen molar-refractivity contribution in [2.24, 2.45) is 7.05 Å². The summed E-state index contributed by atoms with van der Waals surface area (Å²) in [5, 5.41) is 19.9. The molecule has 7 rings (SSSR count). The van der Waals surface area contributed by atoms with Crippen molar-refractivity contribution in [2.75, 3.05) is 56.9 Å². The summed E-state index contributed by atoms with van der Waals surface area (Å²) in [4.78, 5) is 72.3. The molecular weight excluding hydrogens is 813 g/mol. The largest absolute Gasteiger partial charge is 0.491 e. The van der Waals surface area contributed by atoms with Gasteiger partial charge in [0, 0.05) is 60.8 Å². The Balaban J connectivity index is 0.718. The van der Waals surface area contributed by atoms with E-state index in [1.807, 2.05) is 48.0 Å². The number of carbonyl (C=O) groups is 5. The molecule has 328 valence electrons. The number of ether oxygens (including phenoxy) is 4. The molecule has 1 atom stereocenters. The third-order valence-electron chi connectivity index (χ3n) is 10.3. The quantitative estimate of drug-likeness (QED) is 0.0580. The molecule has 0 aliphatic carbocycles. The minimum atomic E-state index is -0.733. The molecule has 1 saturated heterocycles. The molecule has 0 saturated carbocycles. The van der Waals surface area contributed by atoms with E-state index in [2.05, 4.69) is 41.4 Å². The second kappa shape index (κ2) is 21.6. The molecule has 3 aromatic carbocycles. The van der Waals surface area contributed by atoms with Crippen molar-refractivity contribution in [1.29, 1.82) is 0 Å². The minimum Gasteiger partial charge on any atom is -0.491 e. The average Bonchev–Trinajstić information content (AvgIpc) is 3.84. The molecule has 2 aromatic heterocycles. The Hall–Kier alpha value is -7.09. The fourth-order valence-electron chi connectivity index (χ4n) is 6.98. The second-order valence-electron chi connectivity index (χ2n) is 14.6. The van der Waals surface area contributed by atoms with Crippen LogP contribution in [0.2, 0.25) is 0 Å². The normalized spacial score (nSPS) is 14.6. The summed E-state index contributed by atoms with van der Waals surface area (Å²) in [5.74, 6) is 0.364. The highest BCUT2D eigenvalue weighted by Crippen LogP contribution is 2.32. The first-order valence-corrected chi connectivity index (χ1v) is 20.5. The van der Waals surface area contributed by atoms with Crippen molar-refractivity contribution in [2.45, 2.75) is 44.9 Å². The van der Waals surface area contributed by atoms with E-state index >= 15 is 0 Å². The van der Waals surface area contributed by atoms with Gasteiger partial charge >= 0.3 is 0 Å². The predicted molar refractivity (Wildman–Crippen MR) is 227 cm³/mol. The fraction of sp³-hybridized carbons (Fsp3) is 0.341. The van der Waals surface area contributed by atoms with E-state index < -0.39 is 11.9 Å². The summed E-state index contributed by atoms with van der Waals surface area (Å²) in [6.45, 7) is 3.10. The summed E-state index contributed by atoms with van der Waals surface area (Å²) in [6.07, 6.45) is 3.65. The molecule has 0 bridgehead atoms. The van der Waals surface area contributed by atoms with Gasteiger partial charge in [0.05, 0.1) is 52.6 Å². The third-order valence-corrected chi connectivity index (χ3v) is 10.3. The van der Waals surface area contributed by atoms with E-state index in [9.17, 15) is 24.0 Å². The van der Waals surface area contributed by atoms with E-state index in [1.165, 1.54) is 11.2 Å². The van der Waals surface area contributed by atoms with Gasteiger partial charge in [-0.25, -0.2) is 9.97 Å². The molecule has 1 unspecified atom stereocenters. The van der Waals surface area contributed by atoms with Crippen molar-refractivity contribution in [3.8, 4) is 17.3 Å². The first kappa shape index (κ1) is 44.0. The second-order valence-corrected chi connectivity index (χ2v) is 14.6. The number of rotatable bonds is 22. The number of carbonyl (C=O) groups excluding carboxylic acids is 5. The average molecular weight is 861 g/mol. The summed E-state index contributed by atoms with van der Waals surface area (Å²) in [5.41, 5.74) is 4.40. The maximum absolute atomic E-state index is 13.0. The Labute approximate surface area is 362 Å². The van der Waals surface area contributed by atoms with Gasteiger partial charge < -0.3 is 44.4 Å². The lowest BCUT2D eigenvalue weighted by atomic mass is 10.0. The molecule has 0 spiro atoms. The van der Waals surface area contributed by atoms with E-state index in [1.54, 1.807) is 42.6 Å². The number of imide groups is 1. The van der Waals surface area contributed by atoms with Crippen LogP contribution in [0, 0.1) is 0 Å². The highest BCUT2D eigenvalue weighted by Gasteiger charge is 2.40. The smallest absolute Gasteiger partial charge is 0.255 e. The summed E-state index contributed by atoms with van der Waals surface area (Å²) in [6, 6.07) is 20.8. The number of amides is 5. The Morgan fingerprint density at radius 3 is 2.43 bits per heavy atom. The Morgan fingerprint density at radius 1 is 0.857 bits per heavy atom. The van der Waals surface area contributed by atoms with Crippen LogP contribution in [-0.2, 0) is 55.3 Å². The number of piperidine rings is 1. The van der Waals surface area contributed by atoms with Gasteiger partial charge in [-0.2, -0.15) is 0 Å². The molecule has 5 aromatic rings. The SMILES string of the molecule is Cn1c(CNc2cccc(C(=O)NCc3cccc(OCCOCCOCCOCCC(=O)Nc4cccc5c4CN(C4CCC(=O)NC4=O)C5=O)c3)c2)nnc1-c1ccncn1. The first-order valence-electron chi connectivity index (χ1n) is 20.5. The van der Waals surface area contributed by atoms with Gasteiger partial charge in [-0.1, -0.05) is 24.3 Å². The lowest BCUT2D eigenvalue weighted by molar-refractivity contribution is -0.137. The predicted octanol–water partition coefficient (Wildman–Crippen LogP) is 3.03. The Kier molecular flexibility index (Phi) is 15.1. The number of anilines is 2. The molecule has 5 amide bonds. The topological polar surface area (TPSA) is 230 Å². The van der Waals surface area contributed by atoms with Crippen LogP contribution in [0.25, 0.3) is 11.5 Å². The van der Waals surface area contributed by atoms with Crippen molar-refractivity contribution in [1.82, 2.24) is 40.3 Å². The third kappa shape index (κ3) is 11.8. The number of hydrogen-bond donors (Lipinski definition) is 4. The van der Waals surface area contributed by atoms with Crippen LogP contribution in [0.1, 0.15) is 56.9 Å². The maximum atomic E-state index is 13.0. The lowest BCUT2D eigenvalue weighted by Crippen LogP contribution is -2.52. The number of hydrogen-bond acceptors (Lipinski definition) is 14. The molecule has 4 heterocycles. The van der Waals surface area contributed by atoms with Gasteiger partial charge in [-0.15, -0.1) is 10.2 Å². The van der Waals surface area contributed by atoms with Crippen molar-refractivity contribution in [3.63, 3.8) is 0 Å². The van der Waals surface area contributed by atoms with Gasteiger partial charge in [0.2, 0.25) is 17.7 Å². The van der Waals surface area contributed by atoms with Crippen molar-refractivity contribution >= 4 is 40.9 Å². The molecular formula is C44H48N10O9. The molecule has 2 aliphatic heterocycles. The van der Waals surface area contributed by atoms with Gasteiger partial charge in [-0.3, -0.25) is 29.3 Å². The number of aromatic nitrogens is 5. The fourth-order valence-corrected chi connectivity index (χ4v) is 6.98. The highest BCUT2D eigenvalue weighted by atomic mass is 16.6. The summed E-state index contributed by atoms with van der Waals surface area (Å²) >= 11 is 0. The van der Waals surface area contributed by atoms with E-state index in [0.29, 0.717) is 98.2 Å². The monoisotopic (exact) mass is 860 g/mol. The molecule has 2 aliphatic rings. The summed E-state index contributed by atoms with van der Waals surface area (Å²) < 4.78 is 24.4. The van der Waals surface area contributed by atoms with Gasteiger partial charge in [-0.05, 0) is 60.5 Å². The minimum absolute atomic E-state index is 0.100. The van der Waals surface area contributed by atoms with Crippen LogP contribution in [0.5, 0.6) is 5.75 Å². The zero-order chi connectivity index (χ0) is 44.0. The molecule has 63 heavy (non-hydrogen) atoms. The zero-order valence-electron chi connectivity index (χ0n) is 34.7. The van der Waals surface area contributed by atoms with Crippen LogP contribution >= 0.6 is 0 Å². The van der Waals surface area contributed by atoms with Gasteiger partial charge in [0.1, 0.15) is 30.4 Å². The number of fused-ring (bicyclic) bond motifs is 1. The van der Waals surface area contributed by atoms with Gasteiger partial charge in [0.15, 0.2) is 11.6 Å². The van der Waals surface area contributed by atoms with E-state index in [4.69, 9.17) is 18.9 Å². The van der Waals surface area contributed by atoms with Crippen LogP contribution in [0.4, 0.5) is 11.4 Å². The van der Waals surface area contributed by atoms with Gasteiger partial charge in [0.25, 0.3) is 11.8 Å². The Bertz CT molecular complexity index is 2410. The number of nitrogens with one attached hydrogen (secondary N) is 4. The van der Waals surface area contributed by atoms with Crippen LogP contribution in [0.3, 0.4) is 0 Å². The molecule has 0 radical (unpaired) electrons. The van der Waals surface area contributed by atoms with Crippen LogP contribution in [-0.4, -0.2) is 111 Å². The lowest BCUT2D eigenvalue weighted by Gasteiger charge is -2.29. The number of nitrogens with zero attached hydrogens (tertiary/aromatic N) is 6. The molecule has 19 nitrogen and oxygen atoms in total. The zero-order valence-corrected chi connectivity index (χ0v) is 34.7. The molecule has 19 heteroatoms. The Morgan fingerprint density at radius 2 is 1.63 bits per heavy atom. The van der Waals surface area contributed by atoms with E-state index in [-0.39, 0.29) is 56.0 Å². The molecule has 4 N–H and O–H groups in total. The van der Waals surface area contributed by atoms with E-state index in [0.717, 1.165) is 11.3 Å². The standard InChI is InChI=1S/C44H48N10O9/c1-53-38(51-52-41(53)36-13-15-45-28-48-36)26-46-31-7-3-6-30(24-31)42(57)47-25-29-5-2-8-32(23-29)63-22-21-62-20-19-61-18-17-60-16-14-40(56)49-35-10-4-9-33-34(35)27-54(44(33)59)37-11-12-39(55)50-43(37)58/h2-10,13,15,23-24,28,37,46H,11-12,14,16-22,25-27H2,1H3,(H,47,57)(H,49,56)(H,50,55,58). The molecule has 1 fully saturated rings. The van der Waals surface area contributed by atoms with Crippen molar-refractivity contribution in [3.05, 3.63) is 113 Å². The van der Waals surface area contributed by atoms with Crippen LogP contribution < -0.4 is 26.0 Å². The van der Waals surface area contributed by atoms with Crippen molar-refractivity contribution < 1.29 is 42.9 Å².